The highest BCUT2D eigenvalue weighted by atomic mass is 32.2. The van der Waals surface area contributed by atoms with Gasteiger partial charge in [0, 0.05) is 0 Å². The van der Waals surface area contributed by atoms with Crippen LogP contribution < -0.4 is 15.8 Å². The van der Waals surface area contributed by atoms with Crippen LogP contribution in [0.1, 0.15) is 0 Å². The number of fused-ring (bicyclic) bond motifs is 1. The number of guanidine groups is 1. The van der Waals surface area contributed by atoms with E-state index in [1.54, 1.807) is 0 Å². The Bertz CT molecular complexity index is 885. The number of imide groups is 1. The second-order valence-electron chi connectivity index (χ2n) is 4.51. The summed E-state index contributed by atoms with van der Waals surface area (Å²) in [7, 11) is -3.78. The molecular formula is C11H9N7O4S. The van der Waals surface area contributed by atoms with Crippen LogP contribution in [0.2, 0.25) is 0 Å². The van der Waals surface area contributed by atoms with Crippen molar-refractivity contribution in [3.63, 3.8) is 0 Å². The molecule has 1 aromatic carbocycles. The predicted octanol–water partition coefficient (Wildman–Crippen LogP) is -0.606. The molecule has 1 aromatic rings. The summed E-state index contributed by atoms with van der Waals surface area (Å²) >= 11 is 0. The van der Waals surface area contributed by atoms with Crippen LogP contribution in [0.5, 0.6) is 0 Å². The first-order chi connectivity index (χ1) is 10.8. The lowest BCUT2D eigenvalue weighted by molar-refractivity contribution is -0.120. The average molecular weight is 335 g/mol. The fourth-order valence-corrected chi connectivity index (χ4v) is 2.35. The molecule has 0 saturated carbocycles. The first kappa shape index (κ1) is 14.9. The number of nitrogens with zero attached hydrogens (tertiary/aromatic N) is 4. The summed E-state index contributed by atoms with van der Waals surface area (Å²) in [6, 6.07) is 3.71. The van der Waals surface area contributed by atoms with Gasteiger partial charge in [0.1, 0.15) is 5.84 Å². The van der Waals surface area contributed by atoms with Crippen molar-refractivity contribution in [1.82, 2.24) is 10.6 Å². The molecule has 118 valence electrons. The van der Waals surface area contributed by atoms with Crippen molar-refractivity contribution in [3.05, 3.63) is 24.3 Å². The molecule has 1 atom stereocenters. The lowest BCUT2D eigenvalue weighted by atomic mass is 10.2. The van der Waals surface area contributed by atoms with Gasteiger partial charge in [0.2, 0.25) is 10.0 Å². The Labute approximate surface area is 129 Å². The molecule has 3 rings (SSSR count). The largest absolute Gasteiger partial charge is 0.326 e. The van der Waals surface area contributed by atoms with Gasteiger partial charge in [-0.15, -0.1) is 10.2 Å². The molecule has 2 aliphatic rings. The minimum absolute atomic E-state index is 0.0553. The number of urea groups is 1. The molecule has 0 aliphatic carbocycles. The summed E-state index contributed by atoms with van der Waals surface area (Å²) < 4.78 is 22.3. The van der Waals surface area contributed by atoms with Crippen molar-refractivity contribution < 1.29 is 18.0 Å². The fourth-order valence-electron chi connectivity index (χ4n) is 1.83. The first-order valence-electron chi connectivity index (χ1n) is 6.16. The highest BCUT2D eigenvalue weighted by Gasteiger charge is 2.36. The number of azo groups is 1. The minimum Gasteiger partial charge on any atom is -0.293 e. The molecule has 4 N–H and O–H groups in total. The van der Waals surface area contributed by atoms with Gasteiger partial charge < -0.3 is 0 Å². The van der Waals surface area contributed by atoms with Crippen LogP contribution in [0.25, 0.3) is 0 Å². The third kappa shape index (κ3) is 3.12. The number of aliphatic imine (C=N–C) groups is 2. The molecule has 3 amide bonds. The molecule has 23 heavy (non-hydrogen) atoms. The average Bonchev–Trinajstić information content (AvgIpc) is 2.88. The van der Waals surface area contributed by atoms with Crippen LogP contribution in [0.3, 0.4) is 0 Å². The number of hydrogen-bond acceptors (Lipinski definition) is 8. The molecule has 1 unspecified atom stereocenters. The van der Waals surface area contributed by atoms with Crippen LogP contribution in [-0.4, -0.2) is 38.2 Å². The highest BCUT2D eigenvalue weighted by molar-refractivity contribution is 7.89. The molecule has 0 radical (unpaired) electrons. The number of carbonyl (C=O) groups is 2. The Balaban J connectivity index is 1.78. The molecule has 2 aliphatic heterocycles. The number of rotatable bonds is 2. The summed E-state index contributed by atoms with van der Waals surface area (Å²) in [6.07, 6.45) is 0. The van der Waals surface area contributed by atoms with E-state index < -0.39 is 28.0 Å². The molecule has 0 aromatic heterocycles. The highest BCUT2D eigenvalue weighted by Crippen LogP contribution is 2.17. The Hall–Kier alpha value is -2.99. The first-order valence-corrected chi connectivity index (χ1v) is 7.70. The normalized spacial score (nSPS) is 20.7. The lowest BCUT2D eigenvalue weighted by Crippen LogP contribution is -2.57. The van der Waals surface area contributed by atoms with Crippen molar-refractivity contribution in [2.45, 2.75) is 10.9 Å². The van der Waals surface area contributed by atoms with E-state index in [4.69, 9.17) is 5.14 Å². The molecular weight excluding hydrogens is 326 g/mol. The quantitative estimate of drug-likeness (QED) is 0.613. The molecule has 11 nitrogen and oxygen atoms in total. The SMILES string of the molecule is NS(=O)(=O)c1ccc(N=NC2=NC3C(=O)NC(=O)NC3=N2)cc1. The number of nitrogens with two attached hydrogens (primary N) is 1. The number of sulfonamides is 1. The van der Waals surface area contributed by atoms with Gasteiger partial charge in [-0.2, -0.15) is 4.99 Å². The maximum absolute atomic E-state index is 11.5. The van der Waals surface area contributed by atoms with Crippen LogP contribution in [0.4, 0.5) is 10.5 Å². The number of benzene rings is 1. The van der Waals surface area contributed by atoms with Crippen LogP contribution >= 0.6 is 0 Å². The number of primary sulfonamides is 1. The Morgan fingerprint density at radius 1 is 1.09 bits per heavy atom. The minimum atomic E-state index is -3.78. The lowest BCUT2D eigenvalue weighted by Gasteiger charge is -2.16. The predicted molar refractivity (Wildman–Crippen MR) is 77.7 cm³/mol. The van der Waals surface area contributed by atoms with E-state index in [-0.39, 0.29) is 16.7 Å². The van der Waals surface area contributed by atoms with Crippen LogP contribution in [0.15, 0.2) is 49.4 Å². The van der Waals surface area contributed by atoms with E-state index in [9.17, 15) is 18.0 Å². The number of carbonyl (C=O) groups excluding carboxylic acids is 2. The molecule has 2 heterocycles. The maximum Gasteiger partial charge on any atom is 0.326 e. The number of nitrogens with one attached hydrogen (secondary N) is 2. The van der Waals surface area contributed by atoms with Gasteiger partial charge in [0.15, 0.2) is 6.04 Å². The zero-order valence-electron chi connectivity index (χ0n) is 11.3. The maximum atomic E-state index is 11.5. The van der Waals surface area contributed by atoms with E-state index >= 15 is 0 Å². The van der Waals surface area contributed by atoms with Gasteiger partial charge in [0.25, 0.3) is 11.9 Å². The Morgan fingerprint density at radius 3 is 2.43 bits per heavy atom. The number of amidine groups is 1. The van der Waals surface area contributed by atoms with Gasteiger partial charge >= 0.3 is 6.03 Å². The second kappa shape index (κ2) is 5.33. The monoisotopic (exact) mass is 335 g/mol. The van der Waals surface area contributed by atoms with E-state index in [0.29, 0.717) is 5.69 Å². The standard InChI is InChI=1S/C11H9N7O4S/c12-23(21,22)6-3-1-5(2-4-6)17-18-10-13-7-8(14-10)15-11(20)16-9(7)19/h1-4,7H,(H2,12,21,22)(H2,13,14,15,16,19,20). The Morgan fingerprint density at radius 2 is 1.78 bits per heavy atom. The number of hydrogen-bond donors (Lipinski definition) is 3. The molecule has 0 bridgehead atoms. The topological polar surface area (TPSA) is 168 Å². The third-order valence-corrected chi connectivity index (χ3v) is 3.80. The van der Waals surface area contributed by atoms with E-state index in [0.717, 1.165) is 0 Å². The zero-order chi connectivity index (χ0) is 16.6. The molecule has 1 saturated heterocycles. The van der Waals surface area contributed by atoms with Crippen molar-refractivity contribution in [2.75, 3.05) is 0 Å². The van der Waals surface area contributed by atoms with E-state index in [1.165, 1.54) is 24.3 Å². The van der Waals surface area contributed by atoms with Gasteiger partial charge in [-0.3, -0.25) is 15.4 Å². The van der Waals surface area contributed by atoms with Crippen LogP contribution in [0, 0.1) is 0 Å². The zero-order valence-corrected chi connectivity index (χ0v) is 12.1. The second-order valence-corrected chi connectivity index (χ2v) is 6.07. The van der Waals surface area contributed by atoms with Crippen molar-refractivity contribution >= 4 is 39.4 Å². The van der Waals surface area contributed by atoms with E-state index in [2.05, 4.69) is 25.5 Å². The van der Waals surface area contributed by atoms with Gasteiger partial charge in [-0.25, -0.2) is 23.3 Å². The summed E-state index contributed by atoms with van der Waals surface area (Å²) in [5.41, 5.74) is 0.337. The van der Waals surface area contributed by atoms with Crippen LogP contribution in [-0.2, 0) is 14.8 Å². The number of amides is 3. The smallest absolute Gasteiger partial charge is 0.293 e. The molecule has 12 heteroatoms. The summed E-state index contributed by atoms with van der Waals surface area (Å²) in [6.45, 7) is 0. The van der Waals surface area contributed by atoms with Crippen molar-refractivity contribution in [1.29, 1.82) is 0 Å². The summed E-state index contributed by atoms with van der Waals surface area (Å²) in [5.74, 6) is -0.606. The third-order valence-electron chi connectivity index (χ3n) is 2.87. The van der Waals surface area contributed by atoms with Crippen molar-refractivity contribution in [3.8, 4) is 0 Å². The van der Waals surface area contributed by atoms with Gasteiger partial charge in [-0.1, -0.05) is 0 Å². The fraction of sp³-hybridized carbons (Fsp3) is 0.0909. The molecule has 0 spiro atoms. The summed E-state index contributed by atoms with van der Waals surface area (Å²) in [4.78, 5) is 30.4. The summed E-state index contributed by atoms with van der Waals surface area (Å²) in [5, 5.41) is 16.9. The van der Waals surface area contributed by atoms with E-state index in [1.807, 2.05) is 5.32 Å². The van der Waals surface area contributed by atoms with Gasteiger partial charge in [-0.05, 0) is 24.3 Å². The molecule has 1 fully saturated rings. The van der Waals surface area contributed by atoms with Gasteiger partial charge in [0.05, 0.1) is 10.6 Å². The van der Waals surface area contributed by atoms with Crippen molar-refractivity contribution in [2.24, 2.45) is 25.4 Å². The Kier molecular flexibility index (Phi) is 3.46.